The second kappa shape index (κ2) is 9.00. The van der Waals surface area contributed by atoms with E-state index in [9.17, 15) is 9.59 Å². The number of hydrogen-bond acceptors (Lipinski definition) is 3. The molecule has 1 N–H and O–H groups in total. The third-order valence-electron chi connectivity index (χ3n) is 4.72. The normalized spacial score (nSPS) is 16.1. The Labute approximate surface area is 187 Å². The first-order valence-electron chi connectivity index (χ1n) is 9.22. The van der Waals surface area contributed by atoms with Gasteiger partial charge in [-0.05, 0) is 70.1 Å². The van der Waals surface area contributed by atoms with Crippen LogP contribution in [-0.2, 0) is 11.3 Å². The van der Waals surface area contributed by atoms with Gasteiger partial charge in [-0.25, -0.2) is 0 Å². The highest BCUT2D eigenvalue weighted by Gasteiger charge is 2.32. The number of amides is 2. The minimum absolute atomic E-state index is 0.0315. The number of thioether (sulfide) groups is 1. The van der Waals surface area contributed by atoms with Gasteiger partial charge in [-0.2, -0.15) is 0 Å². The van der Waals surface area contributed by atoms with Gasteiger partial charge in [-0.15, -0.1) is 11.8 Å². The number of nitrogens with zero attached hydrogens (tertiary/aromatic N) is 1. The van der Waals surface area contributed by atoms with Crippen LogP contribution in [0.1, 0.15) is 26.9 Å². The molecule has 0 unspecified atom stereocenters. The molecule has 1 atom stereocenters. The summed E-state index contributed by atoms with van der Waals surface area (Å²) in [6.07, 6.45) is 0. The maximum Gasteiger partial charge on any atom is 0.255 e. The molecule has 6 heteroatoms. The van der Waals surface area contributed by atoms with Crippen LogP contribution in [0.2, 0.25) is 0 Å². The first kappa shape index (κ1) is 20.0. The van der Waals surface area contributed by atoms with E-state index < -0.39 is 0 Å². The van der Waals surface area contributed by atoms with Gasteiger partial charge in [0.05, 0.1) is 5.75 Å². The first-order valence-corrected chi connectivity index (χ1v) is 11.3. The van der Waals surface area contributed by atoms with Gasteiger partial charge in [-0.3, -0.25) is 9.59 Å². The Morgan fingerprint density at radius 3 is 2.38 bits per heavy atom. The highest BCUT2D eigenvalue weighted by Crippen LogP contribution is 2.39. The Hall–Kier alpha value is -2.32. The van der Waals surface area contributed by atoms with E-state index in [1.807, 2.05) is 83.8 Å². The zero-order valence-corrected chi connectivity index (χ0v) is 18.5. The summed E-state index contributed by atoms with van der Waals surface area (Å²) in [6, 6.07) is 25.2. The minimum atomic E-state index is -0.144. The van der Waals surface area contributed by atoms with Crippen molar-refractivity contribution >= 4 is 51.9 Å². The van der Waals surface area contributed by atoms with Gasteiger partial charge in [-0.1, -0.05) is 42.5 Å². The van der Waals surface area contributed by atoms with Gasteiger partial charge in [0, 0.05) is 21.4 Å². The van der Waals surface area contributed by atoms with Crippen molar-refractivity contribution in [2.24, 2.45) is 0 Å². The second-order valence-electron chi connectivity index (χ2n) is 6.75. The number of nitrogens with one attached hydrogen (secondary N) is 1. The van der Waals surface area contributed by atoms with Gasteiger partial charge in [0.15, 0.2) is 0 Å². The fraction of sp³-hybridized carbons (Fsp3) is 0.130. The Morgan fingerprint density at radius 1 is 1.00 bits per heavy atom. The number of rotatable bonds is 5. The summed E-state index contributed by atoms with van der Waals surface area (Å²) in [4.78, 5) is 26.8. The van der Waals surface area contributed by atoms with Crippen LogP contribution < -0.4 is 5.32 Å². The first-order chi connectivity index (χ1) is 14.1. The minimum Gasteiger partial charge on any atom is -0.322 e. The van der Waals surface area contributed by atoms with Crippen molar-refractivity contribution in [3.05, 3.63) is 99.1 Å². The van der Waals surface area contributed by atoms with Crippen molar-refractivity contribution in [3.8, 4) is 0 Å². The van der Waals surface area contributed by atoms with Crippen LogP contribution >= 0.6 is 34.4 Å². The summed E-state index contributed by atoms with van der Waals surface area (Å²) >= 11 is 3.85. The molecule has 0 aromatic heterocycles. The van der Waals surface area contributed by atoms with Crippen molar-refractivity contribution < 1.29 is 9.59 Å². The molecule has 0 spiro atoms. The van der Waals surface area contributed by atoms with E-state index in [-0.39, 0.29) is 17.2 Å². The lowest BCUT2D eigenvalue weighted by molar-refractivity contribution is -0.128. The highest BCUT2D eigenvalue weighted by molar-refractivity contribution is 14.1. The maximum atomic E-state index is 12.5. The molecule has 0 radical (unpaired) electrons. The molecule has 1 saturated heterocycles. The summed E-state index contributed by atoms with van der Waals surface area (Å²) in [7, 11) is 0. The smallest absolute Gasteiger partial charge is 0.255 e. The van der Waals surface area contributed by atoms with Crippen LogP contribution in [0.15, 0.2) is 78.9 Å². The SMILES string of the molecule is O=C(Nc1ccc(I)cc1)c1ccc([C@@H]2SCC(=O)N2Cc2ccccc2)cc1. The van der Waals surface area contributed by atoms with Crippen molar-refractivity contribution in [3.63, 3.8) is 0 Å². The van der Waals surface area contributed by atoms with Gasteiger partial charge in [0.25, 0.3) is 5.91 Å². The van der Waals surface area contributed by atoms with Crippen LogP contribution in [0.4, 0.5) is 5.69 Å². The summed E-state index contributed by atoms with van der Waals surface area (Å²) in [5.41, 5.74) is 3.51. The third-order valence-corrected chi connectivity index (χ3v) is 6.70. The number of halogens is 1. The molecular formula is C23H19IN2O2S. The molecule has 4 rings (SSSR count). The van der Waals surface area contributed by atoms with Crippen LogP contribution in [-0.4, -0.2) is 22.5 Å². The lowest BCUT2D eigenvalue weighted by Gasteiger charge is -2.24. The lowest BCUT2D eigenvalue weighted by Crippen LogP contribution is -2.27. The van der Waals surface area contributed by atoms with E-state index in [0.717, 1.165) is 20.4 Å². The predicted octanol–water partition coefficient (Wildman–Crippen LogP) is 5.32. The molecular weight excluding hydrogens is 495 g/mol. The van der Waals surface area contributed by atoms with E-state index >= 15 is 0 Å². The number of carbonyl (C=O) groups is 2. The van der Waals surface area contributed by atoms with Crippen molar-refractivity contribution in [1.29, 1.82) is 0 Å². The monoisotopic (exact) mass is 514 g/mol. The maximum absolute atomic E-state index is 12.5. The van der Waals surface area contributed by atoms with E-state index in [1.165, 1.54) is 0 Å². The molecule has 1 heterocycles. The van der Waals surface area contributed by atoms with Gasteiger partial charge in [0.1, 0.15) is 5.37 Å². The number of hydrogen-bond donors (Lipinski definition) is 1. The molecule has 0 aliphatic carbocycles. The van der Waals surface area contributed by atoms with E-state index in [2.05, 4.69) is 27.9 Å². The molecule has 0 bridgehead atoms. The standard InChI is InChI=1S/C23H19IN2O2S/c24-19-10-12-20(13-11-19)25-22(28)17-6-8-18(9-7-17)23-26(21(27)15-29-23)14-16-4-2-1-3-5-16/h1-13,23H,14-15H2,(H,25,28)/t23-/m0/s1. The largest absolute Gasteiger partial charge is 0.322 e. The quantitative estimate of drug-likeness (QED) is 0.470. The summed E-state index contributed by atoms with van der Waals surface area (Å²) in [5.74, 6) is 0.477. The Bertz CT molecular complexity index is 1010. The number of carbonyl (C=O) groups excluding carboxylic acids is 2. The topological polar surface area (TPSA) is 49.4 Å². The van der Waals surface area contributed by atoms with Crippen LogP contribution in [0, 0.1) is 3.57 Å². The fourth-order valence-corrected chi connectivity index (χ4v) is 4.76. The Morgan fingerprint density at radius 2 is 1.69 bits per heavy atom. The molecule has 4 nitrogen and oxygen atoms in total. The van der Waals surface area contributed by atoms with Crippen molar-refractivity contribution in [2.45, 2.75) is 11.9 Å². The predicted molar refractivity (Wildman–Crippen MR) is 126 cm³/mol. The van der Waals surface area contributed by atoms with Gasteiger partial charge in [0.2, 0.25) is 5.91 Å². The van der Waals surface area contributed by atoms with Gasteiger partial charge < -0.3 is 10.2 Å². The van der Waals surface area contributed by atoms with Crippen LogP contribution in [0.5, 0.6) is 0 Å². The van der Waals surface area contributed by atoms with Crippen LogP contribution in [0.3, 0.4) is 0 Å². The molecule has 2 amide bonds. The van der Waals surface area contributed by atoms with Crippen molar-refractivity contribution in [2.75, 3.05) is 11.1 Å². The molecule has 1 aliphatic rings. The third kappa shape index (κ3) is 4.82. The molecule has 3 aromatic rings. The Kier molecular flexibility index (Phi) is 6.20. The zero-order chi connectivity index (χ0) is 20.2. The molecule has 29 heavy (non-hydrogen) atoms. The van der Waals surface area contributed by atoms with E-state index in [1.54, 1.807) is 11.8 Å². The molecule has 1 fully saturated rings. The molecule has 146 valence electrons. The highest BCUT2D eigenvalue weighted by atomic mass is 127. The Balaban J connectivity index is 1.47. The lowest BCUT2D eigenvalue weighted by atomic mass is 10.1. The molecule has 3 aromatic carbocycles. The fourth-order valence-electron chi connectivity index (χ4n) is 3.22. The summed E-state index contributed by atoms with van der Waals surface area (Å²) in [5, 5.41) is 2.88. The van der Waals surface area contributed by atoms with Crippen molar-refractivity contribution in [1.82, 2.24) is 4.90 Å². The van der Waals surface area contributed by atoms with E-state index in [0.29, 0.717) is 17.9 Å². The average Bonchev–Trinajstić information content (AvgIpc) is 3.11. The van der Waals surface area contributed by atoms with Crippen LogP contribution in [0.25, 0.3) is 0 Å². The molecule has 1 aliphatic heterocycles. The zero-order valence-electron chi connectivity index (χ0n) is 15.5. The summed E-state index contributed by atoms with van der Waals surface area (Å²) in [6.45, 7) is 0.590. The molecule has 0 saturated carbocycles. The van der Waals surface area contributed by atoms with Gasteiger partial charge >= 0.3 is 0 Å². The number of anilines is 1. The summed E-state index contributed by atoms with van der Waals surface area (Å²) < 4.78 is 1.12. The second-order valence-corrected chi connectivity index (χ2v) is 9.07. The average molecular weight is 514 g/mol. The van der Waals surface area contributed by atoms with E-state index in [4.69, 9.17) is 0 Å². The number of benzene rings is 3.